The highest BCUT2D eigenvalue weighted by Crippen LogP contribution is 2.52. The van der Waals surface area contributed by atoms with Crippen molar-refractivity contribution < 1.29 is 4.42 Å². The lowest BCUT2D eigenvalue weighted by Gasteiger charge is -2.27. The van der Waals surface area contributed by atoms with E-state index in [2.05, 4.69) is 146 Å². The Morgan fingerprint density at radius 1 is 0.583 bits per heavy atom. The maximum absolute atomic E-state index is 6.65. The molecule has 0 spiro atoms. The Kier molecular flexibility index (Phi) is 5.79. The summed E-state index contributed by atoms with van der Waals surface area (Å²) < 4.78 is 9.21. The van der Waals surface area contributed by atoms with E-state index >= 15 is 0 Å². The normalized spacial score (nSPS) is 13.4. The van der Waals surface area contributed by atoms with Crippen LogP contribution in [0.2, 0.25) is 0 Å². The van der Waals surface area contributed by atoms with Gasteiger partial charge in [-0.3, -0.25) is 0 Å². The monoisotopic (exact) mass is 634 g/mol. The summed E-state index contributed by atoms with van der Waals surface area (Å²) in [5, 5.41) is 4.73. The Balaban J connectivity index is 1.27. The zero-order valence-corrected chi connectivity index (χ0v) is 27.4. The molecule has 0 saturated heterocycles. The summed E-state index contributed by atoms with van der Waals surface area (Å²) in [5.74, 6) is 0.618. The minimum atomic E-state index is -0.0712. The molecule has 48 heavy (non-hydrogen) atoms. The molecule has 0 amide bonds. The van der Waals surface area contributed by atoms with Gasteiger partial charge in [0.05, 0.1) is 5.69 Å². The SMILES string of the molecule is CC1(C)c2ccccc2-c2cc(N(c3ccc4c(c3)sc3ccccc34)c3cc4ccccc4c4oc(-c5ccccc5)nc34)ccc21. The Morgan fingerprint density at radius 2 is 1.27 bits per heavy atom. The number of oxazole rings is 1. The predicted molar refractivity (Wildman–Crippen MR) is 202 cm³/mol. The number of fused-ring (bicyclic) bond motifs is 9. The van der Waals surface area contributed by atoms with E-state index in [-0.39, 0.29) is 5.41 Å². The predicted octanol–water partition coefficient (Wildman–Crippen LogP) is 12.8. The van der Waals surface area contributed by atoms with Crippen molar-refractivity contribution in [2.75, 3.05) is 4.90 Å². The molecule has 1 aliphatic carbocycles. The molecule has 0 atom stereocenters. The zero-order chi connectivity index (χ0) is 32.0. The highest BCUT2D eigenvalue weighted by Gasteiger charge is 2.35. The summed E-state index contributed by atoms with van der Waals surface area (Å²) in [6, 6.07) is 52.3. The van der Waals surface area contributed by atoms with E-state index in [0.29, 0.717) is 5.89 Å². The van der Waals surface area contributed by atoms with Gasteiger partial charge in [-0.15, -0.1) is 11.3 Å². The lowest BCUT2D eigenvalue weighted by molar-refractivity contribution is 0.623. The quantitative estimate of drug-likeness (QED) is 0.193. The summed E-state index contributed by atoms with van der Waals surface area (Å²) in [7, 11) is 0. The molecule has 0 aliphatic heterocycles. The van der Waals surface area contributed by atoms with Crippen LogP contribution >= 0.6 is 11.3 Å². The average molecular weight is 635 g/mol. The van der Waals surface area contributed by atoms with Crippen LogP contribution in [0, 0.1) is 0 Å². The fraction of sp³-hybridized carbons (Fsp3) is 0.0682. The second kappa shape index (κ2) is 10.1. The standard InChI is InChI=1S/C44H30N2OS/c1-44(2)36-18-10-8-16-32(36)35-25-29(21-23-37(35)44)46(30-20-22-34-33-17-9-11-19-39(33)48-40(34)26-30)38-24-28-14-6-7-15-31(28)42-41(38)45-43(47-42)27-12-4-3-5-13-27/h3-26H,1-2H3. The topological polar surface area (TPSA) is 29.3 Å². The molecule has 0 fully saturated rings. The number of benzene rings is 7. The van der Waals surface area contributed by atoms with Crippen molar-refractivity contribution in [2.45, 2.75) is 19.3 Å². The maximum Gasteiger partial charge on any atom is 0.227 e. The van der Waals surface area contributed by atoms with Crippen LogP contribution in [-0.2, 0) is 5.41 Å². The molecule has 1 aliphatic rings. The van der Waals surface area contributed by atoms with E-state index in [1.807, 2.05) is 29.5 Å². The number of nitrogens with zero attached hydrogens (tertiary/aromatic N) is 2. The third-order valence-corrected chi connectivity index (χ3v) is 11.2. The molecule has 7 aromatic carbocycles. The molecule has 4 heteroatoms. The second-order valence-electron chi connectivity index (χ2n) is 13.2. The van der Waals surface area contributed by atoms with E-state index in [9.17, 15) is 0 Å². The highest BCUT2D eigenvalue weighted by atomic mass is 32.1. The van der Waals surface area contributed by atoms with Gasteiger partial charge in [0.15, 0.2) is 5.58 Å². The molecule has 3 nitrogen and oxygen atoms in total. The molecule has 10 rings (SSSR count). The van der Waals surface area contributed by atoms with Gasteiger partial charge in [0.1, 0.15) is 5.52 Å². The van der Waals surface area contributed by atoms with Gasteiger partial charge >= 0.3 is 0 Å². The van der Waals surface area contributed by atoms with Crippen LogP contribution in [0.5, 0.6) is 0 Å². The van der Waals surface area contributed by atoms with Crippen molar-refractivity contribution in [3.05, 3.63) is 157 Å². The first kappa shape index (κ1) is 27.4. The van der Waals surface area contributed by atoms with E-state index < -0.39 is 0 Å². The van der Waals surface area contributed by atoms with Gasteiger partial charge < -0.3 is 9.32 Å². The van der Waals surface area contributed by atoms with Crippen molar-refractivity contribution in [1.82, 2.24) is 4.98 Å². The fourth-order valence-electron chi connectivity index (χ4n) is 7.72. The minimum Gasteiger partial charge on any atom is -0.435 e. The van der Waals surface area contributed by atoms with E-state index in [1.165, 1.54) is 42.4 Å². The van der Waals surface area contributed by atoms with Crippen LogP contribution in [0.15, 0.2) is 150 Å². The Labute approximate surface area is 282 Å². The first-order valence-electron chi connectivity index (χ1n) is 16.4. The summed E-state index contributed by atoms with van der Waals surface area (Å²) >= 11 is 1.84. The lowest BCUT2D eigenvalue weighted by Crippen LogP contribution is -2.15. The third-order valence-electron chi connectivity index (χ3n) is 10.1. The van der Waals surface area contributed by atoms with Crippen LogP contribution in [0.1, 0.15) is 25.0 Å². The molecule has 0 N–H and O–H groups in total. The van der Waals surface area contributed by atoms with Gasteiger partial charge in [0.2, 0.25) is 5.89 Å². The smallest absolute Gasteiger partial charge is 0.227 e. The largest absolute Gasteiger partial charge is 0.435 e. The van der Waals surface area contributed by atoms with Crippen LogP contribution in [0.3, 0.4) is 0 Å². The average Bonchev–Trinajstić information content (AvgIpc) is 3.80. The molecule has 0 unspecified atom stereocenters. The molecule has 0 saturated carbocycles. The summed E-state index contributed by atoms with van der Waals surface area (Å²) in [4.78, 5) is 7.61. The van der Waals surface area contributed by atoms with Crippen molar-refractivity contribution >= 4 is 70.4 Å². The molecule has 0 radical (unpaired) electrons. The van der Waals surface area contributed by atoms with E-state index in [1.54, 1.807) is 0 Å². The van der Waals surface area contributed by atoms with Crippen LogP contribution in [-0.4, -0.2) is 4.98 Å². The zero-order valence-electron chi connectivity index (χ0n) is 26.6. The van der Waals surface area contributed by atoms with Crippen LogP contribution < -0.4 is 4.90 Å². The van der Waals surface area contributed by atoms with Crippen LogP contribution in [0.4, 0.5) is 17.1 Å². The Bertz CT molecular complexity index is 2720. The second-order valence-corrected chi connectivity index (χ2v) is 14.3. The fourth-order valence-corrected chi connectivity index (χ4v) is 8.86. The van der Waals surface area contributed by atoms with Gasteiger partial charge in [0, 0.05) is 47.9 Å². The molecular weight excluding hydrogens is 605 g/mol. The summed E-state index contributed by atoms with van der Waals surface area (Å²) in [6.45, 7) is 4.66. The van der Waals surface area contributed by atoms with Gasteiger partial charge in [-0.25, -0.2) is 4.98 Å². The van der Waals surface area contributed by atoms with Crippen molar-refractivity contribution in [2.24, 2.45) is 0 Å². The highest BCUT2D eigenvalue weighted by molar-refractivity contribution is 7.25. The number of anilines is 3. The van der Waals surface area contributed by atoms with Crippen molar-refractivity contribution in [3.8, 4) is 22.6 Å². The minimum absolute atomic E-state index is 0.0712. The molecule has 2 aromatic heterocycles. The lowest BCUT2D eigenvalue weighted by atomic mass is 9.82. The Morgan fingerprint density at radius 3 is 2.17 bits per heavy atom. The Hall–Kier alpha value is -5.71. The molecule has 2 heterocycles. The first-order chi connectivity index (χ1) is 23.5. The van der Waals surface area contributed by atoms with Gasteiger partial charge in [-0.05, 0) is 76.2 Å². The molecule has 228 valence electrons. The number of rotatable bonds is 4. The van der Waals surface area contributed by atoms with E-state index in [0.717, 1.165) is 44.5 Å². The molecule has 9 aromatic rings. The van der Waals surface area contributed by atoms with Gasteiger partial charge in [-0.1, -0.05) is 111 Å². The number of thiophene rings is 1. The molecular formula is C44H30N2OS. The first-order valence-corrected chi connectivity index (χ1v) is 17.2. The van der Waals surface area contributed by atoms with Crippen molar-refractivity contribution in [1.29, 1.82) is 0 Å². The third kappa shape index (κ3) is 3.96. The summed E-state index contributed by atoms with van der Waals surface area (Å²) in [6.07, 6.45) is 0. The number of aromatic nitrogens is 1. The van der Waals surface area contributed by atoms with Gasteiger partial charge in [0.25, 0.3) is 0 Å². The van der Waals surface area contributed by atoms with Crippen LogP contribution in [0.25, 0.3) is 64.6 Å². The molecule has 0 bridgehead atoms. The number of hydrogen-bond acceptors (Lipinski definition) is 4. The maximum atomic E-state index is 6.65. The van der Waals surface area contributed by atoms with Crippen molar-refractivity contribution in [3.63, 3.8) is 0 Å². The van der Waals surface area contributed by atoms with E-state index in [4.69, 9.17) is 9.40 Å². The van der Waals surface area contributed by atoms with Gasteiger partial charge in [-0.2, -0.15) is 0 Å². The summed E-state index contributed by atoms with van der Waals surface area (Å²) in [5.41, 5.74) is 11.0. The number of hydrogen-bond donors (Lipinski definition) is 0.